The molecule has 0 amide bonds. The summed E-state index contributed by atoms with van der Waals surface area (Å²) in [6, 6.07) is 3.28. The molecule has 1 rings (SSSR count). The van der Waals surface area contributed by atoms with Crippen molar-refractivity contribution in [2.75, 3.05) is 6.61 Å². The van der Waals surface area contributed by atoms with Crippen LogP contribution in [0.5, 0.6) is 0 Å². The van der Waals surface area contributed by atoms with Crippen LogP contribution in [-0.4, -0.2) is 17.8 Å². The maximum atomic E-state index is 12.7. The van der Waals surface area contributed by atoms with E-state index in [1.807, 2.05) is 0 Å². The Kier molecular flexibility index (Phi) is 3.98. The third-order valence-corrected chi connectivity index (χ3v) is 1.85. The lowest BCUT2D eigenvalue weighted by atomic mass is 10.2. The molecule has 1 aromatic rings. The summed E-state index contributed by atoms with van der Waals surface area (Å²) in [7, 11) is 0. The van der Waals surface area contributed by atoms with E-state index in [2.05, 4.69) is 5.32 Å². The lowest BCUT2D eigenvalue weighted by Crippen LogP contribution is -2.28. The smallest absolute Gasteiger partial charge is 0.126 e. The molecule has 2 nitrogen and oxygen atoms in total. The Bertz CT molecular complexity index is 284. The Labute approximate surface area is 81.6 Å². The van der Waals surface area contributed by atoms with E-state index in [9.17, 15) is 8.78 Å². The lowest BCUT2D eigenvalue weighted by molar-refractivity contribution is 0.251. The largest absolute Gasteiger partial charge is 0.395 e. The fourth-order valence-electron chi connectivity index (χ4n) is 1.07. The van der Waals surface area contributed by atoms with Gasteiger partial charge in [0.2, 0.25) is 0 Å². The summed E-state index contributed by atoms with van der Waals surface area (Å²) in [5, 5.41) is 11.6. The molecule has 4 heteroatoms. The van der Waals surface area contributed by atoms with Gasteiger partial charge in [-0.15, -0.1) is 0 Å². The van der Waals surface area contributed by atoms with Crippen molar-refractivity contribution < 1.29 is 13.9 Å². The molecule has 0 aliphatic carbocycles. The molecule has 0 aliphatic rings. The topological polar surface area (TPSA) is 32.3 Å². The van der Waals surface area contributed by atoms with E-state index in [1.54, 1.807) is 6.92 Å². The summed E-state index contributed by atoms with van der Waals surface area (Å²) in [6.07, 6.45) is 0. The maximum Gasteiger partial charge on any atom is 0.126 e. The van der Waals surface area contributed by atoms with Crippen molar-refractivity contribution in [3.05, 3.63) is 35.4 Å². The average Bonchev–Trinajstić information content (AvgIpc) is 2.12. The highest BCUT2D eigenvalue weighted by molar-refractivity contribution is 5.17. The predicted molar refractivity (Wildman–Crippen MR) is 49.7 cm³/mol. The van der Waals surface area contributed by atoms with Crippen LogP contribution in [-0.2, 0) is 6.54 Å². The minimum absolute atomic E-state index is 0.00218. The minimum Gasteiger partial charge on any atom is -0.395 e. The van der Waals surface area contributed by atoms with Crippen molar-refractivity contribution in [1.29, 1.82) is 0 Å². The molecule has 14 heavy (non-hydrogen) atoms. The molecule has 0 fully saturated rings. The second-order valence-corrected chi connectivity index (χ2v) is 3.24. The Hall–Kier alpha value is -1.00. The van der Waals surface area contributed by atoms with Crippen LogP contribution in [0.25, 0.3) is 0 Å². The molecular weight excluding hydrogens is 188 g/mol. The maximum absolute atomic E-state index is 12.7. The summed E-state index contributed by atoms with van der Waals surface area (Å²) in [4.78, 5) is 0. The Morgan fingerprint density at radius 1 is 1.29 bits per heavy atom. The summed E-state index contributed by atoms with van der Waals surface area (Å²) in [5.74, 6) is -1.17. The summed E-state index contributed by atoms with van der Waals surface area (Å²) in [6.45, 7) is 2.13. The molecule has 0 saturated carbocycles. The molecule has 0 aliphatic heterocycles. The number of rotatable bonds is 4. The van der Waals surface area contributed by atoms with E-state index >= 15 is 0 Å². The highest BCUT2D eigenvalue weighted by atomic mass is 19.1. The second-order valence-electron chi connectivity index (χ2n) is 3.24. The van der Waals surface area contributed by atoms with Crippen LogP contribution in [0.1, 0.15) is 12.5 Å². The van der Waals surface area contributed by atoms with Crippen molar-refractivity contribution in [3.8, 4) is 0 Å². The molecule has 0 radical (unpaired) electrons. The van der Waals surface area contributed by atoms with Crippen LogP contribution in [0, 0.1) is 11.6 Å². The zero-order chi connectivity index (χ0) is 10.6. The fourth-order valence-corrected chi connectivity index (χ4v) is 1.07. The molecule has 78 valence electrons. The molecule has 2 N–H and O–H groups in total. The van der Waals surface area contributed by atoms with Crippen molar-refractivity contribution in [3.63, 3.8) is 0 Å². The van der Waals surface area contributed by atoms with Crippen LogP contribution < -0.4 is 5.32 Å². The summed E-state index contributed by atoms with van der Waals surface area (Å²) in [5.41, 5.74) is 0.530. The van der Waals surface area contributed by atoms with E-state index in [0.29, 0.717) is 12.1 Å². The van der Waals surface area contributed by atoms with Gasteiger partial charge in [0.15, 0.2) is 0 Å². The van der Waals surface area contributed by atoms with Gasteiger partial charge in [0.05, 0.1) is 6.61 Å². The first-order chi connectivity index (χ1) is 6.61. The van der Waals surface area contributed by atoms with Crippen molar-refractivity contribution in [2.24, 2.45) is 0 Å². The van der Waals surface area contributed by atoms with E-state index in [-0.39, 0.29) is 12.6 Å². The second kappa shape index (κ2) is 5.02. The number of benzene rings is 1. The third kappa shape index (κ3) is 3.40. The van der Waals surface area contributed by atoms with Crippen molar-refractivity contribution in [2.45, 2.75) is 19.5 Å². The summed E-state index contributed by atoms with van der Waals surface area (Å²) >= 11 is 0. The highest BCUT2D eigenvalue weighted by Gasteiger charge is 2.02. The number of hydrogen-bond acceptors (Lipinski definition) is 2. The Balaban J connectivity index is 2.58. The first-order valence-electron chi connectivity index (χ1n) is 4.41. The van der Waals surface area contributed by atoms with E-state index in [1.165, 1.54) is 12.1 Å². The van der Waals surface area contributed by atoms with Gasteiger partial charge in [-0.3, -0.25) is 0 Å². The number of aliphatic hydroxyl groups is 1. The number of halogens is 2. The molecule has 1 atom stereocenters. The zero-order valence-electron chi connectivity index (χ0n) is 7.93. The van der Waals surface area contributed by atoms with Gasteiger partial charge < -0.3 is 10.4 Å². The number of hydrogen-bond donors (Lipinski definition) is 2. The Morgan fingerprint density at radius 3 is 2.36 bits per heavy atom. The zero-order valence-corrected chi connectivity index (χ0v) is 7.93. The first kappa shape index (κ1) is 11.1. The molecule has 0 bridgehead atoms. The van der Waals surface area contributed by atoms with Gasteiger partial charge in [0.25, 0.3) is 0 Å². The minimum atomic E-state index is -0.585. The van der Waals surface area contributed by atoms with Crippen LogP contribution in [0.15, 0.2) is 18.2 Å². The van der Waals surface area contributed by atoms with Gasteiger partial charge in [-0.05, 0) is 24.6 Å². The van der Waals surface area contributed by atoms with Crippen LogP contribution in [0.4, 0.5) is 8.78 Å². The normalized spacial score (nSPS) is 12.9. The number of aliphatic hydroxyl groups excluding tert-OH is 1. The fraction of sp³-hybridized carbons (Fsp3) is 0.400. The SMILES string of the molecule is C[C@H](CO)NCc1cc(F)cc(F)c1. The van der Waals surface area contributed by atoms with Gasteiger partial charge in [-0.2, -0.15) is 0 Å². The van der Waals surface area contributed by atoms with Gasteiger partial charge in [0, 0.05) is 18.7 Å². The van der Waals surface area contributed by atoms with Gasteiger partial charge in [0.1, 0.15) is 11.6 Å². The first-order valence-corrected chi connectivity index (χ1v) is 4.41. The van der Waals surface area contributed by atoms with E-state index in [0.717, 1.165) is 6.07 Å². The molecular formula is C10H13F2NO. The molecule has 0 saturated heterocycles. The van der Waals surface area contributed by atoms with Crippen LogP contribution >= 0.6 is 0 Å². The summed E-state index contributed by atoms with van der Waals surface area (Å²) < 4.78 is 25.4. The van der Waals surface area contributed by atoms with Gasteiger partial charge in [-0.1, -0.05) is 0 Å². The standard InChI is InChI=1S/C10H13F2NO/c1-7(6-14)13-5-8-2-9(11)4-10(12)3-8/h2-4,7,13-14H,5-6H2,1H3/t7-/m1/s1. The monoisotopic (exact) mass is 201 g/mol. The van der Waals surface area contributed by atoms with Crippen LogP contribution in [0.3, 0.4) is 0 Å². The van der Waals surface area contributed by atoms with Crippen molar-refractivity contribution in [1.82, 2.24) is 5.32 Å². The van der Waals surface area contributed by atoms with Crippen molar-refractivity contribution >= 4 is 0 Å². The lowest BCUT2D eigenvalue weighted by Gasteiger charge is -2.10. The predicted octanol–water partition coefficient (Wildman–Crippen LogP) is 1.44. The molecule has 1 aromatic carbocycles. The van der Waals surface area contributed by atoms with E-state index < -0.39 is 11.6 Å². The number of nitrogens with one attached hydrogen (secondary N) is 1. The quantitative estimate of drug-likeness (QED) is 0.772. The third-order valence-electron chi connectivity index (χ3n) is 1.85. The molecule has 0 spiro atoms. The van der Waals surface area contributed by atoms with Gasteiger partial charge in [-0.25, -0.2) is 8.78 Å². The highest BCUT2D eigenvalue weighted by Crippen LogP contribution is 2.07. The van der Waals surface area contributed by atoms with Gasteiger partial charge >= 0.3 is 0 Å². The molecule has 0 aromatic heterocycles. The molecule has 0 unspecified atom stereocenters. The average molecular weight is 201 g/mol. The molecule has 0 heterocycles. The van der Waals surface area contributed by atoms with E-state index in [4.69, 9.17) is 5.11 Å². The van der Waals surface area contributed by atoms with Crippen LogP contribution in [0.2, 0.25) is 0 Å². The Morgan fingerprint density at radius 2 is 1.86 bits per heavy atom.